The number of thiazole rings is 1. The number of H-pyrrole nitrogens is 1. The van der Waals surface area contributed by atoms with Gasteiger partial charge in [0.05, 0.1) is 16.8 Å². The lowest BCUT2D eigenvalue weighted by Gasteiger charge is -2.14. The highest BCUT2D eigenvalue weighted by molar-refractivity contribution is 7.17. The maximum Gasteiger partial charge on any atom is 0.270 e. The number of aromatic amines is 1. The average Bonchev–Trinajstić information content (AvgIpc) is 3.03. The zero-order chi connectivity index (χ0) is 13.4. The molecule has 4 nitrogen and oxygen atoms in total. The van der Waals surface area contributed by atoms with Crippen molar-refractivity contribution in [3.05, 3.63) is 39.3 Å². The molecule has 0 aromatic carbocycles. The molecule has 0 aliphatic rings. The Hall–Kier alpha value is -1.66. The van der Waals surface area contributed by atoms with Crippen LogP contribution in [-0.2, 0) is 6.54 Å². The molecule has 1 amide bonds. The van der Waals surface area contributed by atoms with Crippen molar-refractivity contribution in [2.45, 2.75) is 13.5 Å². The summed E-state index contributed by atoms with van der Waals surface area (Å²) >= 11 is 3.22. The first-order chi connectivity index (χ1) is 9.13. The van der Waals surface area contributed by atoms with Crippen LogP contribution in [0.25, 0.3) is 10.2 Å². The van der Waals surface area contributed by atoms with E-state index < -0.39 is 0 Å². The number of carbonyl (C=O) groups excluding carboxylic acids is 1. The highest BCUT2D eigenvalue weighted by Gasteiger charge is 2.16. The molecule has 1 N–H and O–H groups in total. The number of nitrogens with zero attached hydrogens (tertiary/aromatic N) is 2. The van der Waals surface area contributed by atoms with E-state index in [1.165, 1.54) is 0 Å². The van der Waals surface area contributed by atoms with Crippen LogP contribution < -0.4 is 0 Å². The van der Waals surface area contributed by atoms with E-state index in [0.717, 1.165) is 20.9 Å². The molecule has 3 aromatic rings. The van der Waals surface area contributed by atoms with E-state index in [1.54, 1.807) is 34.6 Å². The fourth-order valence-electron chi connectivity index (χ4n) is 1.92. The van der Waals surface area contributed by atoms with Gasteiger partial charge in [0.25, 0.3) is 5.91 Å². The van der Waals surface area contributed by atoms with Gasteiger partial charge in [-0.1, -0.05) is 0 Å². The highest BCUT2D eigenvalue weighted by atomic mass is 32.1. The zero-order valence-electron chi connectivity index (χ0n) is 10.6. The van der Waals surface area contributed by atoms with Crippen LogP contribution in [0.5, 0.6) is 0 Å². The number of hydrogen-bond donors (Lipinski definition) is 1. The molecule has 6 heteroatoms. The van der Waals surface area contributed by atoms with E-state index in [2.05, 4.69) is 9.97 Å². The normalized spacial score (nSPS) is 11.1. The lowest BCUT2D eigenvalue weighted by Crippen LogP contribution is -2.26. The Morgan fingerprint density at radius 2 is 2.32 bits per heavy atom. The Morgan fingerprint density at radius 1 is 1.47 bits per heavy atom. The number of carbonyl (C=O) groups is 1. The van der Waals surface area contributed by atoms with Gasteiger partial charge in [0.15, 0.2) is 0 Å². The summed E-state index contributed by atoms with van der Waals surface area (Å²) in [5.74, 6) is -0.00347. The summed E-state index contributed by atoms with van der Waals surface area (Å²) < 4.78 is 1.11. The minimum absolute atomic E-state index is 0.00347. The second-order valence-electron chi connectivity index (χ2n) is 4.43. The molecule has 0 saturated carbocycles. The largest absolute Gasteiger partial charge is 0.350 e. The van der Waals surface area contributed by atoms with Crippen LogP contribution in [0, 0.1) is 6.92 Å². The molecule has 3 aromatic heterocycles. The summed E-state index contributed by atoms with van der Waals surface area (Å²) in [6, 6.07) is 3.90. The fourth-order valence-corrected chi connectivity index (χ4v) is 3.53. The van der Waals surface area contributed by atoms with Crippen molar-refractivity contribution in [2.75, 3.05) is 7.05 Å². The van der Waals surface area contributed by atoms with Crippen molar-refractivity contribution in [3.8, 4) is 0 Å². The second-order valence-corrected chi connectivity index (χ2v) is 6.32. The van der Waals surface area contributed by atoms with E-state index >= 15 is 0 Å². The predicted octanol–water partition coefficient (Wildman–Crippen LogP) is 3.27. The first kappa shape index (κ1) is 12.4. The highest BCUT2D eigenvalue weighted by Crippen LogP contribution is 2.22. The molecule has 0 fully saturated rings. The molecule has 3 rings (SSSR count). The van der Waals surface area contributed by atoms with Crippen molar-refractivity contribution in [1.29, 1.82) is 0 Å². The van der Waals surface area contributed by atoms with Gasteiger partial charge >= 0.3 is 0 Å². The number of hydrogen-bond acceptors (Lipinski definition) is 4. The lowest BCUT2D eigenvalue weighted by atomic mass is 10.3. The second kappa shape index (κ2) is 4.79. The molecule has 3 heterocycles. The van der Waals surface area contributed by atoms with Crippen LogP contribution >= 0.6 is 22.7 Å². The molecular weight excluding hydrogens is 278 g/mol. The Labute approximate surface area is 118 Å². The summed E-state index contributed by atoms with van der Waals surface area (Å²) in [6.07, 6.45) is 0. The summed E-state index contributed by atoms with van der Waals surface area (Å²) in [7, 11) is 1.80. The number of aromatic nitrogens is 2. The number of amides is 1. The van der Waals surface area contributed by atoms with Gasteiger partial charge in [-0.2, -0.15) is 0 Å². The van der Waals surface area contributed by atoms with Gasteiger partial charge in [-0.15, -0.1) is 22.7 Å². The molecule has 98 valence electrons. The smallest absolute Gasteiger partial charge is 0.270 e. The van der Waals surface area contributed by atoms with Gasteiger partial charge < -0.3 is 9.88 Å². The van der Waals surface area contributed by atoms with Crippen LogP contribution in [0.1, 0.15) is 21.2 Å². The van der Waals surface area contributed by atoms with Crippen LogP contribution in [0.15, 0.2) is 22.9 Å². The number of fused-ring (bicyclic) bond motifs is 1. The average molecular weight is 291 g/mol. The third kappa shape index (κ3) is 2.41. The van der Waals surface area contributed by atoms with E-state index in [-0.39, 0.29) is 5.91 Å². The molecule has 0 unspecified atom stereocenters. The number of thiophene rings is 1. The SMILES string of the molecule is Cc1csc(CN(C)C(=O)c2cc3sccc3[nH]2)n1. The molecule has 0 aliphatic carbocycles. The van der Waals surface area contributed by atoms with E-state index in [4.69, 9.17) is 0 Å². The third-order valence-corrected chi connectivity index (χ3v) is 4.67. The number of nitrogens with one attached hydrogen (secondary N) is 1. The minimum Gasteiger partial charge on any atom is -0.350 e. The lowest BCUT2D eigenvalue weighted by molar-refractivity contribution is 0.0780. The van der Waals surface area contributed by atoms with Crippen molar-refractivity contribution < 1.29 is 4.79 Å². The van der Waals surface area contributed by atoms with Gasteiger partial charge in [-0.3, -0.25) is 4.79 Å². The van der Waals surface area contributed by atoms with E-state index in [0.29, 0.717) is 12.2 Å². The first-order valence-electron chi connectivity index (χ1n) is 5.86. The number of rotatable bonds is 3. The van der Waals surface area contributed by atoms with Crippen LogP contribution in [0.2, 0.25) is 0 Å². The van der Waals surface area contributed by atoms with Crippen molar-refractivity contribution >= 4 is 38.8 Å². The van der Waals surface area contributed by atoms with Crippen molar-refractivity contribution in [3.63, 3.8) is 0 Å². The van der Waals surface area contributed by atoms with Crippen LogP contribution in [-0.4, -0.2) is 27.8 Å². The molecule has 0 radical (unpaired) electrons. The summed E-state index contributed by atoms with van der Waals surface area (Å²) in [4.78, 5) is 21.5. The summed E-state index contributed by atoms with van der Waals surface area (Å²) in [5.41, 5.74) is 2.66. The van der Waals surface area contributed by atoms with Crippen LogP contribution in [0.4, 0.5) is 0 Å². The van der Waals surface area contributed by atoms with Crippen LogP contribution in [0.3, 0.4) is 0 Å². The van der Waals surface area contributed by atoms with E-state index in [9.17, 15) is 4.79 Å². The topological polar surface area (TPSA) is 49.0 Å². The molecule has 0 atom stereocenters. The number of aryl methyl sites for hydroxylation is 1. The van der Waals surface area contributed by atoms with Gasteiger partial charge in [-0.25, -0.2) is 4.98 Å². The Balaban J connectivity index is 1.77. The monoisotopic (exact) mass is 291 g/mol. The third-order valence-electron chi connectivity index (χ3n) is 2.86. The van der Waals surface area contributed by atoms with E-state index in [1.807, 2.05) is 29.8 Å². The maximum absolute atomic E-state index is 12.3. The molecule has 0 aliphatic heterocycles. The molecule has 0 spiro atoms. The molecule has 0 bridgehead atoms. The quantitative estimate of drug-likeness (QED) is 0.805. The van der Waals surface area contributed by atoms with Crippen molar-refractivity contribution in [1.82, 2.24) is 14.9 Å². The summed E-state index contributed by atoms with van der Waals surface area (Å²) in [5, 5.41) is 4.97. The van der Waals surface area contributed by atoms with Gasteiger partial charge in [0.1, 0.15) is 10.7 Å². The standard InChI is InChI=1S/C13H13N3OS2/c1-8-7-19-12(14-8)6-16(2)13(17)10-5-11-9(15-10)3-4-18-11/h3-5,7,15H,6H2,1-2H3. The summed E-state index contributed by atoms with van der Waals surface area (Å²) in [6.45, 7) is 2.50. The fraction of sp³-hybridized carbons (Fsp3) is 0.231. The zero-order valence-corrected chi connectivity index (χ0v) is 12.3. The predicted molar refractivity (Wildman–Crippen MR) is 78.8 cm³/mol. The Bertz CT molecular complexity index is 696. The molecule has 0 saturated heterocycles. The maximum atomic E-state index is 12.3. The Kier molecular flexibility index (Phi) is 3.12. The van der Waals surface area contributed by atoms with Gasteiger partial charge in [0, 0.05) is 18.1 Å². The van der Waals surface area contributed by atoms with Gasteiger partial charge in [-0.05, 0) is 24.4 Å². The van der Waals surface area contributed by atoms with Crippen molar-refractivity contribution in [2.24, 2.45) is 0 Å². The molecule has 19 heavy (non-hydrogen) atoms. The minimum atomic E-state index is -0.00347. The van der Waals surface area contributed by atoms with Gasteiger partial charge in [0.2, 0.25) is 0 Å². The first-order valence-corrected chi connectivity index (χ1v) is 7.62. The Morgan fingerprint density at radius 3 is 3.00 bits per heavy atom. The molecular formula is C13H13N3OS2.